The maximum Gasteiger partial charge on any atom is 0.246 e. The topological polar surface area (TPSA) is 38.9 Å². The van der Waals surface area contributed by atoms with Crippen molar-refractivity contribution in [2.24, 2.45) is 0 Å². The fourth-order valence-corrected chi connectivity index (χ4v) is 1.74. The average Bonchev–Trinajstić information content (AvgIpc) is 2.85. The molecule has 4 heteroatoms. The van der Waals surface area contributed by atoms with Gasteiger partial charge in [-0.25, -0.2) is 9.97 Å². The molecule has 0 aromatic carbocycles. The van der Waals surface area contributed by atoms with Crippen molar-refractivity contribution in [2.75, 3.05) is 0 Å². The second kappa shape index (κ2) is 4.37. The molecule has 2 heterocycles. The number of aryl methyl sites for hydroxylation is 1. The fourth-order valence-electron chi connectivity index (χ4n) is 1.22. The number of aromatic nitrogens is 2. The maximum absolute atomic E-state index is 5.34. The van der Waals surface area contributed by atoms with Crippen LogP contribution in [0.4, 0.5) is 0 Å². The van der Waals surface area contributed by atoms with E-state index in [0.717, 1.165) is 24.2 Å². The van der Waals surface area contributed by atoms with Gasteiger partial charge >= 0.3 is 0 Å². The van der Waals surface area contributed by atoms with E-state index in [1.807, 2.05) is 5.38 Å². The fraction of sp³-hybridized carbons (Fsp3) is 0.400. The molecule has 2 rings (SSSR count). The lowest BCUT2D eigenvalue weighted by Gasteiger charge is -1.89. The van der Waals surface area contributed by atoms with Crippen molar-refractivity contribution in [2.45, 2.75) is 26.2 Å². The lowest BCUT2D eigenvalue weighted by atomic mass is 10.2. The highest BCUT2D eigenvalue weighted by molar-refractivity contribution is 7.07. The minimum Gasteiger partial charge on any atom is -0.443 e. The molecular formula is C10H12N2OS. The van der Waals surface area contributed by atoms with Crippen LogP contribution in [-0.4, -0.2) is 9.97 Å². The third kappa shape index (κ3) is 2.01. The average molecular weight is 208 g/mol. The summed E-state index contributed by atoms with van der Waals surface area (Å²) >= 11 is 1.55. The predicted molar refractivity (Wildman–Crippen MR) is 56.2 cm³/mol. The van der Waals surface area contributed by atoms with Crippen LogP contribution in [0.1, 0.15) is 25.5 Å². The minimum absolute atomic E-state index is 0.636. The second-order valence-electron chi connectivity index (χ2n) is 3.12. The summed E-state index contributed by atoms with van der Waals surface area (Å²) in [7, 11) is 0. The molecule has 0 saturated carbocycles. The molecule has 0 aliphatic carbocycles. The highest BCUT2D eigenvalue weighted by Crippen LogP contribution is 2.18. The number of unbranched alkanes of at least 4 members (excludes halogenated alkanes) is 1. The van der Waals surface area contributed by atoms with E-state index in [4.69, 9.17) is 4.42 Å². The monoisotopic (exact) mass is 208 g/mol. The molecule has 0 spiro atoms. The Balaban J connectivity index is 2.10. The zero-order chi connectivity index (χ0) is 9.80. The molecule has 2 aromatic rings. The van der Waals surface area contributed by atoms with Crippen LogP contribution < -0.4 is 0 Å². The van der Waals surface area contributed by atoms with Crippen LogP contribution in [0.2, 0.25) is 0 Å². The van der Waals surface area contributed by atoms with Crippen molar-refractivity contribution >= 4 is 11.3 Å². The Hall–Kier alpha value is -1.16. The van der Waals surface area contributed by atoms with Crippen molar-refractivity contribution in [3.63, 3.8) is 0 Å². The molecule has 0 aliphatic rings. The smallest absolute Gasteiger partial charge is 0.246 e. The molecule has 3 nitrogen and oxygen atoms in total. The van der Waals surface area contributed by atoms with Gasteiger partial charge in [-0.05, 0) is 12.8 Å². The second-order valence-corrected chi connectivity index (χ2v) is 3.84. The van der Waals surface area contributed by atoms with Crippen LogP contribution >= 0.6 is 11.3 Å². The van der Waals surface area contributed by atoms with Gasteiger partial charge in [0, 0.05) is 5.38 Å². The highest BCUT2D eigenvalue weighted by atomic mass is 32.1. The van der Waals surface area contributed by atoms with Crippen molar-refractivity contribution in [1.29, 1.82) is 0 Å². The van der Waals surface area contributed by atoms with Crippen LogP contribution in [0.15, 0.2) is 21.6 Å². The molecule has 0 N–H and O–H groups in total. The molecule has 0 saturated heterocycles. The molecule has 0 aliphatic heterocycles. The first-order valence-electron chi connectivity index (χ1n) is 4.73. The summed E-state index contributed by atoms with van der Waals surface area (Å²) in [6.45, 7) is 2.17. The van der Waals surface area contributed by atoms with Crippen LogP contribution in [0, 0.1) is 0 Å². The van der Waals surface area contributed by atoms with Crippen molar-refractivity contribution < 1.29 is 4.42 Å². The van der Waals surface area contributed by atoms with Gasteiger partial charge in [-0.1, -0.05) is 13.3 Å². The quantitative estimate of drug-likeness (QED) is 0.774. The standard InChI is InChI=1S/C10H12N2OS/c1-2-3-4-8-5-13-10(12-8)9-6-14-7-11-9/h5-7H,2-4H2,1H3. The van der Waals surface area contributed by atoms with E-state index in [-0.39, 0.29) is 0 Å². The van der Waals surface area contributed by atoms with Crippen molar-refractivity contribution in [3.05, 3.63) is 22.8 Å². The van der Waals surface area contributed by atoms with Gasteiger partial charge in [-0.3, -0.25) is 0 Å². The number of nitrogens with zero attached hydrogens (tertiary/aromatic N) is 2. The molecule has 0 unspecified atom stereocenters. The molecule has 0 radical (unpaired) electrons. The first-order valence-corrected chi connectivity index (χ1v) is 5.67. The Labute approximate surface area is 86.8 Å². The largest absolute Gasteiger partial charge is 0.443 e. The molecule has 0 atom stereocenters. The predicted octanol–water partition coefficient (Wildman–Crippen LogP) is 3.14. The minimum atomic E-state index is 0.636. The van der Waals surface area contributed by atoms with E-state index in [1.54, 1.807) is 23.1 Å². The summed E-state index contributed by atoms with van der Waals surface area (Å²) in [5.41, 5.74) is 3.64. The molecule has 74 valence electrons. The molecule has 2 aromatic heterocycles. The maximum atomic E-state index is 5.34. The summed E-state index contributed by atoms with van der Waals surface area (Å²) in [4.78, 5) is 8.51. The Morgan fingerprint density at radius 1 is 1.50 bits per heavy atom. The zero-order valence-electron chi connectivity index (χ0n) is 8.06. The Morgan fingerprint density at radius 3 is 3.14 bits per heavy atom. The molecule has 0 amide bonds. The zero-order valence-corrected chi connectivity index (χ0v) is 8.88. The van der Waals surface area contributed by atoms with E-state index in [2.05, 4.69) is 16.9 Å². The van der Waals surface area contributed by atoms with E-state index in [1.165, 1.54) is 6.42 Å². The first kappa shape index (κ1) is 9.40. The van der Waals surface area contributed by atoms with Gasteiger partial charge < -0.3 is 4.42 Å². The van der Waals surface area contributed by atoms with Crippen molar-refractivity contribution in [3.8, 4) is 11.6 Å². The molecule has 0 fully saturated rings. The van der Waals surface area contributed by atoms with E-state index < -0.39 is 0 Å². The normalized spacial score (nSPS) is 10.6. The van der Waals surface area contributed by atoms with Crippen LogP contribution in [0.5, 0.6) is 0 Å². The summed E-state index contributed by atoms with van der Waals surface area (Å²) in [5, 5.41) is 1.94. The number of thiazole rings is 1. The Morgan fingerprint density at radius 2 is 2.43 bits per heavy atom. The summed E-state index contributed by atoms with van der Waals surface area (Å²) < 4.78 is 5.34. The molecule has 0 bridgehead atoms. The van der Waals surface area contributed by atoms with E-state index in [0.29, 0.717) is 5.89 Å². The van der Waals surface area contributed by atoms with E-state index >= 15 is 0 Å². The van der Waals surface area contributed by atoms with Crippen LogP contribution in [-0.2, 0) is 6.42 Å². The van der Waals surface area contributed by atoms with Crippen LogP contribution in [0.3, 0.4) is 0 Å². The van der Waals surface area contributed by atoms with Gasteiger partial charge in [0.1, 0.15) is 12.0 Å². The molecular weight excluding hydrogens is 196 g/mol. The lowest BCUT2D eigenvalue weighted by Crippen LogP contribution is -1.84. The van der Waals surface area contributed by atoms with Gasteiger partial charge in [-0.15, -0.1) is 11.3 Å². The summed E-state index contributed by atoms with van der Waals surface area (Å²) in [5.74, 6) is 0.636. The SMILES string of the molecule is CCCCc1coc(-c2cscn2)n1. The van der Waals surface area contributed by atoms with Gasteiger partial charge in [0.2, 0.25) is 5.89 Å². The summed E-state index contributed by atoms with van der Waals surface area (Å²) in [6.07, 6.45) is 5.05. The van der Waals surface area contributed by atoms with Gasteiger partial charge in [0.15, 0.2) is 0 Å². The van der Waals surface area contributed by atoms with Gasteiger partial charge in [0.25, 0.3) is 0 Å². The Bertz CT molecular complexity index is 380. The van der Waals surface area contributed by atoms with Crippen LogP contribution in [0.25, 0.3) is 11.6 Å². The number of hydrogen-bond acceptors (Lipinski definition) is 4. The van der Waals surface area contributed by atoms with Crippen molar-refractivity contribution in [1.82, 2.24) is 9.97 Å². The summed E-state index contributed by atoms with van der Waals surface area (Å²) in [6, 6.07) is 0. The van der Waals surface area contributed by atoms with Gasteiger partial charge in [-0.2, -0.15) is 0 Å². The number of rotatable bonds is 4. The first-order chi connectivity index (χ1) is 6.90. The van der Waals surface area contributed by atoms with E-state index in [9.17, 15) is 0 Å². The lowest BCUT2D eigenvalue weighted by molar-refractivity contribution is 0.570. The number of oxazole rings is 1. The van der Waals surface area contributed by atoms with Gasteiger partial charge in [0.05, 0.1) is 11.2 Å². The number of hydrogen-bond donors (Lipinski definition) is 0. The third-order valence-corrected chi connectivity index (χ3v) is 2.58. The Kier molecular flexibility index (Phi) is 2.93. The molecule has 14 heavy (non-hydrogen) atoms. The highest BCUT2D eigenvalue weighted by Gasteiger charge is 2.07. The third-order valence-electron chi connectivity index (χ3n) is 1.99.